The van der Waals surface area contributed by atoms with Gasteiger partial charge in [0.1, 0.15) is 5.82 Å². The van der Waals surface area contributed by atoms with E-state index in [1.54, 1.807) is 30.5 Å². The molecule has 0 amide bonds. The van der Waals surface area contributed by atoms with Gasteiger partial charge in [0.25, 0.3) is 0 Å². The Morgan fingerprint density at radius 2 is 1.90 bits per heavy atom. The molecule has 1 fully saturated rings. The summed E-state index contributed by atoms with van der Waals surface area (Å²) in [5.74, 6) is 0.184. The van der Waals surface area contributed by atoms with Crippen LogP contribution in [0.25, 0.3) is 27.6 Å². The molecule has 4 aromatic heterocycles. The SMILES string of the molecule is CC(C)c1c(F)cccc1-c1ncc2sc(=O)n(Cc3ccc(-n4nc(C(F)(F)F)cc4C4CC4)nc3)c2n1. The molecule has 6 rings (SSSR count). The van der Waals surface area contributed by atoms with Crippen LogP contribution in [0, 0.1) is 5.82 Å². The van der Waals surface area contributed by atoms with Crippen molar-refractivity contribution in [3.63, 3.8) is 0 Å². The summed E-state index contributed by atoms with van der Waals surface area (Å²) >= 11 is 1.000. The van der Waals surface area contributed by atoms with Gasteiger partial charge in [-0.15, -0.1) is 0 Å². The molecule has 1 saturated carbocycles. The van der Waals surface area contributed by atoms with Crippen molar-refractivity contribution >= 4 is 21.7 Å². The second-order valence-corrected chi connectivity index (χ2v) is 10.8. The maximum atomic E-state index is 14.6. The average Bonchev–Trinajstić information content (AvgIpc) is 3.55. The Morgan fingerprint density at radius 3 is 2.56 bits per heavy atom. The zero-order valence-corrected chi connectivity index (χ0v) is 21.7. The van der Waals surface area contributed by atoms with Crippen molar-refractivity contribution in [3.8, 4) is 17.2 Å². The van der Waals surface area contributed by atoms with Crippen molar-refractivity contribution in [1.82, 2.24) is 29.3 Å². The number of thiazole rings is 1. The van der Waals surface area contributed by atoms with Crippen LogP contribution in [0.5, 0.6) is 0 Å². The number of halogens is 4. The van der Waals surface area contributed by atoms with Crippen LogP contribution in [0.1, 0.15) is 61.0 Å². The molecule has 4 heterocycles. The summed E-state index contributed by atoms with van der Waals surface area (Å²) in [7, 11) is 0. The number of hydrogen-bond donors (Lipinski definition) is 0. The van der Waals surface area contributed by atoms with E-state index in [1.807, 2.05) is 13.8 Å². The van der Waals surface area contributed by atoms with Crippen LogP contribution in [-0.2, 0) is 12.7 Å². The van der Waals surface area contributed by atoms with Gasteiger partial charge in [-0.2, -0.15) is 18.3 Å². The molecule has 7 nitrogen and oxygen atoms in total. The smallest absolute Gasteiger partial charge is 0.278 e. The number of alkyl halides is 3. The van der Waals surface area contributed by atoms with Crippen molar-refractivity contribution in [1.29, 1.82) is 0 Å². The average molecular weight is 555 g/mol. The summed E-state index contributed by atoms with van der Waals surface area (Å²) in [6, 6.07) is 9.14. The third-order valence-electron chi connectivity index (χ3n) is 6.67. The summed E-state index contributed by atoms with van der Waals surface area (Å²) in [5, 5.41) is 3.77. The predicted octanol–water partition coefficient (Wildman–Crippen LogP) is 6.31. The van der Waals surface area contributed by atoms with Crippen LogP contribution >= 0.6 is 11.3 Å². The van der Waals surface area contributed by atoms with E-state index in [4.69, 9.17) is 0 Å². The van der Waals surface area contributed by atoms with E-state index >= 15 is 0 Å². The van der Waals surface area contributed by atoms with Crippen molar-refractivity contribution in [3.05, 3.63) is 86.8 Å². The van der Waals surface area contributed by atoms with Crippen molar-refractivity contribution in [2.75, 3.05) is 0 Å². The van der Waals surface area contributed by atoms with Gasteiger partial charge in [-0.3, -0.25) is 9.36 Å². The third kappa shape index (κ3) is 4.73. The van der Waals surface area contributed by atoms with Gasteiger partial charge in [0.15, 0.2) is 23.0 Å². The highest BCUT2D eigenvalue weighted by molar-refractivity contribution is 7.16. The van der Waals surface area contributed by atoms with Gasteiger partial charge in [0.2, 0.25) is 0 Å². The first-order chi connectivity index (χ1) is 18.6. The zero-order chi connectivity index (χ0) is 27.5. The number of nitrogens with zero attached hydrogens (tertiary/aromatic N) is 6. The number of rotatable bonds is 6. The van der Waals surface area contributed by atoms with Crippen LogP contribution < -0.4 is 4.87 Å². The highest BCUT2D eigenvalue weighted by Gasteiger charge is 2.38. The lowest BCUT2D eigenvalue weighted by atomic mass is 9.96. The number of benzene rings is 1. The fraction of sp³-hybridized carbons (Fsp3) is 0.296. The van der Waals surface area contributed by atoms with E-state index in [2.05, 4.69) is 20.1 Å². The molecule has 1 aliphatic carbocycles. The molecular weight excluding hydrogens is 532 g/mol. The van der Waals surface area contributed by atoms with E-state index in [-0.39, 0.29) is 34.9 Å². The van der Waals surface area contributed by atoms with Gasteiger partial charge in [-0.1, -0.05) is 43.4 Å². The Labute approximate surface area is 223 Å². The molecule has 0 saturated heterocycles. The third-order valence-corrected chi connectivity index (χ3v) is 7.57. The molecule has 0 N–H and O–H groups in total. The van der Waals surface area contributed by atoms with Crippen molar-refractivity contribution in [2.45, 2.75) is 51.2 Å². The minimum absolute atomic E-state index is 0.0361. The first-order valence-electron chi connectivity index (χ1n) is 12.4. The van der Waals surface area contributed by atoms with Crippen LogP contribution in [-0.4, -0.2) is 29.3 Å². The molecule has 0 unspecified atom stereocenters. The number of fused-ring (bicyclic) bond motifs is 1. The molecule has 39 heavy (non-hydrogen) atoms. The Morgan fingerprint density at radius 1 is 1.10 bits per heavy atom. The topological polar surface area (TPSA) is 78.5 Å². The minimum atomic E-state index is -4.54. The quantitative estimate of drug-likeness (QED) is 0.230. The summed E-state index contributed by atoms with van der Waals surface area (Å²) in [6.45, 7) is 3.92. The Balaban J connectivity index is 1.34. The second kappa shape index (κ2) is 9.37. The standard InChI is InChI=1S/C27H22F4N6OS/c1-14(2)23-17(4-3-5-18(23)28)24-33-12-20-25(34-24)36(26(38)39-20)13-15-6-9-22(32-11-15)37-19(16-7-8-16)10-21(35-37)27(29,30)31/h3-6,9-12,14,16H,7-8,13H2,1-2H3. The van der Waals surface area contributed by atoms with E-state index in [0.29, 0.717) is 38.6 Å². The molecule has 0 aliphatic heterocycles. The van der Waals surface area contributed by atoms with Crippen LogP contribution in [0.2, 0.25) is 0 Å². The molecular formula is C27H22F4N6OS. The van der Waals surface area contributed by atoms with E-state index in [1.165, 1.54) is 21.5 Å². The summed E-state index contributed by atoms with van der Waals surface area (Å²) in [5.41, 5.74) is 1.68. The highest BCUT2D eigenvalue weighted by atomic mass is 32.1. The summed E-state index contributed by atoms with van der Waals surface area (Å²) in [6.07, 6.45) is 0.160. The lowest BCUT2D eigenvalue weighted by Crippen LogP contribution is -2.15. The number of hydrogen-bond acceptors (Lipinski definition) is 6. The Kier molecular flexibility index (Phi) is 6.09. The monoisotopic (exact) mass is 554 g/mol. The van der Waals surface area contributed by atoms with E-state index in [0.717, 1.165) is 30.2 Å². The highest BCUT2D eigenvalue weighted by Crippen LogP contribution is 2.42. The lowest BCUT2D eigenvalue weighted by molar-refractivity contribution is -0.141. The molecule has 5 aromatic rings. The lowest BCUT2D eigenvalue weighted by Gasteiger charge is -2.13. The number of aromatic nitrogens is 6. The molecule has 200 valence electrons. The maximum Gasteiger partial charge on any atom is 0.435 e. The molecule has 1 aromatic carbocycles. The van der Waals surface area contributed by atoms with Gasteiger partial charge < -0.3 is 0 Å². The minimum Gasteiger partial charge on any atom is -0.278 e. The Bertz CT molecular complexity index is 1750. The van der Waals surface area contributed by atoms with Gasteiger partial charge >= 0.3 is 11.0 Å². The molecule has 0 bridgehead atoms. The summed E-state index contributed by atoms with van der Waals surface area (Å²) < 4.78 is 57.8. The normalized spacial score (nSPS) is 14.0. The fourth-order valence-electron chi connectivity index (χ4n) is 4.66. The largest absolute Gasteiger partial charge is 0.435 e. The first-order valence-corrected chi connectivity index (χ1v) is 13.2. The van der Waals surface area contributed by atoms with Crippen molar-refractivity contribution < 1.29 is 17.6 Å². The van der Waals surface area contributed by atoms with Gasteiger partial charge in [-0.05, 0) is 42.5 Å². The van der Waals surface area contributed by atoms with Gasteiger partial charge in [-0.25, -0.2) is 24.0 Å². The fourth-order valence-corrected chi connectivity index (χ4v) is 5.46. The maximum absolute atomic E-state index is 14.6. The van der Waals surface area contributed by atoms with Crippen LogP contribution in [0.4, 0.5) is 17.6 Å². The van der Waals surface area contributed by atoms with Crippen molar-refractivity contribution in [2.24, 2.45) is 0 Å². The molecule has 12 heteroatoms. The van der Waals surface area contributed by atoms with Crippen LogP contribution in [0.15, 0.2) is 53.6 Å². The van der Waals surface area contributed by atoms with Gasteiger partial charge in [0, 0.05) is 28.9 Å². The van der Waals surface area contributed by atoms with Crippen LogP contribution in [0.3, 0.4) is 0 Å². The zero-order valence-electron chi connectivity index (χ0n) is 20.9. The predicted molar refractivity (Wildman–Crippen MR) is 139 cm³/mol. The first kappa shape index (κ1) is 25.4. The Hall–Kier alpha value is -3.93. The van der Waals surface area contributed by atoms with E-state index < -0.39 is 11.9 Å². The van der Waals surface area contributed by atoms with E-state index in [9.17, 15) is 22.4 Å². The second-order valence-electron chi connectivity index (χ2n) is 9.85. The molecule has 1 aliphatic rings. The molecule has 0 spiro atoms. The number of pyridine rings is 1. The van der Waals surface area contributed by atoms with Gasteiger partial charge in [0.05, 0.1) is 17.4 Å². The molecule has 0 radical (unpaired) electrons. The molecule has 0 atom stereocenters. The summed E-state index contributed by atoms with van der Waals surface area (Å²) in [4.78, 5) is 26.0.